The van der Waals surface area contributed by atoms with Gasteiger partial charge in [0.1, 0.15) is 22.3 Å². The lowest BCUT2D eigenvalue weighted by atomic mass is 9.97. The van der Waals surface area contributed by atoms with E-state index in [1.807, 2.05) is 20.0 Å². The van der Waals surface area contributed by atoms with Gasteiger partial charge in [0, 0.05) is 31.8 Å². The number of halogens is 1. The molecule has 6 nitrogen and oxygen atoms in total. The zero-order valence-corrected chi connectivity index (χ0v) is 17.0. The Morgan fingerprint density at radius 3 is 2.92 bits per heavy atom. The second-order valence-electron chi connectivity index (χ2n) is 7.86. The molecule has 0 saturated carbocycles. The zero-order chi connectivity index (χ0) is 18.7. The largest absolute Gasteiger partial charge is 0.361 e. The fourth-order valence-corrected chi connectivity index (χ4v) is 3.82. The first-order chi connectivity index (χ1) is 12.4. The van der Waals surface area contributed by atoms with Crippen molar-refractivity contribution in [1.29, 1.82) is 0 Å². The minimum atomic E-state index is 0.681. The van der Waals surface area contributed by atoms with Gasteiger partial charge in [0.15, 0.2) is 0 Å². The summed E-state index contributed by atoms with van der Waals surface area (Å²) in [5.74, 6) is 2.16. The van der Waals surface area contributed by atoms with Crippen LogP contribution in [0.1, 0.15) is 38.0 Å². The van der Waals surface area contributed by atoms with Gasteiger partial charge >= 0.3 is 0 Å². The maximum atomic E-state index is 6.55. The maximum Gasteiger partial charge on any atom is 0.134 e. The Labute approximate surface area is 160 Å². The van der Waals surface area contributed by atoms with Crippen molar-refractivity contribution in [1.82, 2.24) is 25.2 Å². The highest BCUT2D eigenvalue weighted by atomic mass is 35.5. The molecule has 0 bridgehead atoms. The van der Waals surface area contributed by atoms with Crippen LogP contribution in [0.5, 0.6) is 0 Å². The molecule has 144 valence electrons. The van der Waals surface area contributed by atoms with Crippen molar-refractivity contribution >= 4 is 11.6 Å². The number of aromatic nitrogens is 3. The fraction of sp³-hybridized carbons (Fsp3) is 0.684. The molecule has 1 aliphatic heterocycles. The predicted molar refractivity (Wildman–Crippen MR) is 104 cm³/mol. The number of likely N-dealkylation sites (tertiary alicyclic amines) is 1. The molecule has 3 heterocycles. The third-order valence-corrected chi connectivity index (χ3v) is 5.38. The quantitative estimate of drug-likeness (QED) is 0.797. The average molecular weight is 380 g/mol. The summed E-state index contributed by atoms with van der Waals surface area (Å²) in [6.45, 7) is 11.5. The molecule has 0 amide bonds. The van der Waals surface area contributed by atoms with E-state index in [2.05, 4.69) is 34.3 Å². The Balaban J connectivity index is 1.68. The van der Waals surface area contributed by atoms with Gasteiger partial charge < -0.3 is 9.84 Å². The van der Waals surface area contributed by atoms with Crippen molar-refractivity contribution in [2.75, 3.05) is 26.2 Å². The zero-order valence-electron chi connectivity index (χ0n) is 16.3. The van der Waals surface area contributed by atoms with Crippen molar-refractivity contribution in [3.63, 3.8) is 0 Å². The molecule has 0 aromatic carbocycles. The highest BCUT2D eigenvalue weighted by Gasteiger charge is 2.25. The number of hydrogen-bond donors (Lipinski definition) is 1. The number of nitrogens with zero attached hydrogens (tertiary/aromatic N) is 4. The second kappa shape index (κ2) is 8.55. The van der Waals surface area contributed by atoms with Gasteiger partial charge in [0.25, 0.3) is 0 Å². The number of aryl methyl sites for hydroxylation is 2. The van der Waals surface area contributed by atoms with Gasteiger partial charge in [-0.3, -0.25) is 9.58 Å². The van der Waals surface area contributed by atoms with Crippen LogP contribution in [0.4, 0.5) is 0 Å². The molecule has 1 saturated heterocycles. The Hall–Kier alpha value is -1.37. The van der Waals surface area contributed by atoms with E-state index >= 15 is 0 Å². The van der Waals surface area contributed by atoms with E-state index in [-0.39, 0.29) is 0 Å². The van der Waals surface area contributed by atoms with Crippen LogP contribution in [-0.4, -0.2) is 46.0 Å². The molecule has 7 heteroatoms. The van der Waals surface area contributed by atoms with Gasteiger partial charge in [-0.05, 0) is 51.2 Å². The summed E-state index contributed by atoms with van der Waals surface area (Å²) in [4.78, 5) is 2.49. The van der Waals surface area contributed by atoms with E-state index in [4.69, 9.17) is 16.1 Å². The lowest BCUT2D eigenvalue weighted by Crippen LogP contribution is -2.39. The third kappa shape index (κ3) is 4.67. The van der Waals surface area contributed by atoms with E-state index < -0.39 is 0 Å². The number of hydrogen-bond acceptors (Lipinski definition) is 5. The van der Waals surface area contributed by atoms with E-state index in [0.717, 1.165) is 55.4 Å². The van der Waals surface area contributed by atoms with Gasteiger partial charge in [0.2, 0.25) is 0 Å². The third-order valence-electron chi connectivity index (χ3n) is 4.91. The number of piperidine rings is 1. The highest BCUT2D eigenvalue weighted by molar-refractivity contribution is 6.30. The smallest absolute Gasteiger partial charge is 0.134 e. The lowest BCUT2D eigenvalue weighted by molar-refractivity contribution is 0.165. The average Bonchev–Trinajstić information content (AvgIpc) is 3.13. The van der Waals surface area contributed by atoms with Crippen molar-refractivity contribution in [2.24, 2.45) is 18.9 Å². The van der Waals surface area contributed by atoms with Crippen LogP contribution in [0.2, 0.25) is 5.15 Å². The molecule has 0 spiro atoms. The minimum Gasteiger partial charge on any atom is -0.361 e. The summed E-state index contributed by atoms with van der Waals surface area (Å²) in [5.41, 5.74) is 2.62. The Morgan fingerprint density at radius 2 is 2.23 bits per heavy atom. The first-order valence-electron chi connectivity index (χ1n) is 9.52. The monoisotopic (exact) mass is 379 g/mol. The molecule has 1 unspecified atom stereocenters. The summed E-state index contributed by atoms with van der Waals surface area (Å²) >= 11 is 6.55. The molecule has 1 fully saturated rings. The number of rotatable bonds is 7. The van der Waals surface area contributed by atoms with Crippen LogP contribution in [0.3, 0.4) is 0 Å². The molecule has 0 aliphatic carbocycles. The van der Waals surface area contributed by atoms with E-state index in [9.17, 15) is 0 Å². The fourth-order valence-electron chi connectivity index (χ4n) is 3.63. The molecule has 3 rings (SSSR count). The molecule has 2 aromatic rings. The van der Waals surface area contributed by atoms with Crippen molar-refractivity contribution < 1.29 is 4.52 Å². The van der Waals surface area contributed by atoms with Gasteiger partial charge in [0.05, 0.1) is 0 Å². The van der Waals surface area contributed by atoms with Crippen LogP contribution >= 0.6 is 11.6 Å². The lowest BCUT2D eigenvalue weighted by Gasteiger charge is -2.33. The second-order valence-corrected chi connectivity index (χ2v) is 8.22. The van der Waals surface area contributed by atoms with Gasteiger partial charge in [-0.2, -0.15) is 5.10 Å². The summed E-state index contributed by atoms with van der Waals surface area (Å²) in [6, 6.07) is 1.91. The molecule has 1 atom stereocenters. The Morgan fingerprint density at radius 1 is 1.42 bits per heavy atom. The number of nitrogens with one attached hydrogen (secondary N) is 1. The summed E-state index contributed by atoms with van der Waals surface area (Å²) in [6.07, 6.45) is 2.52. The van der Waals surface area contributed by atoms with Gasteiger partial charge in [-0.15, -0.1) is 0 Å². The van der Waals surface area contributed by atoms with E-state index in [1.165, 1.54) is 12.8 Å². The molecule has 1 N–H and O–H groups in total. The normalized spacial score (nSPS) is 18.8. The first-order valence-corrected chi connectivity index (χ1v) is 9.90. The van der Waals surface area contributed by atoms with Crippen LogP contribution in [0, 0.1) is 18.8 Å². The molecule has 0 radical (unpaired) electrons. The molecule has 26 heavy (non-hydrogen) atoms. The summed E-state index contributed by atoms with van der Waals surface area (Å²) in [7, 11) is 1.87. The van der Waals surface area contributed by atoms with Crippen molar-refractivity contribution in [2.45, 2.75) is 40.2 Å². The topological polar surface area (TPSA) is 59.1 Å². The van der Waals surface area contributed by atoms with Crippen molar-refractivity contribution in [3.8, 4) is 11.4 Å². The SMILES string of the molecule is Cc1cc(-c2nn(C)c(Cl)c2CN2CCCC(CNCC(C)C)C2)no1. The summed E-state index contributed by atoms with van der Waals surface area (Å²) in [5, 5.41) is 13.0. The van der Waals surface area contributed by atoms with Crippen LogP contribution < -0.4 is 5.32 Å². The summed E-state index contributed by atoms with van der Waals surface area (Å²) < 4.78 is 6.95. The van der Waals surface area contributed by atoms with Crippen LogP contribution in [0.15, 0.2) is 10.6 Å². The first kappa shape index (κ1) is 19.4. The van der Waals surface area contributed by atoms with Crippen LogP contribution in [-0.2, 0) is 13.6 Å². The Bertz CT molecular complexity index is 724. The van der Waals surface area contributed by atoms with Gasteiger partial charge in [-0.1, -0.05) is 30.6 Å². The Kier molecular flexibility index (Phi) is 6.37. The standard InChI is InChI=1S/C19H30ClN5O/c1-13(2)9-21-10-15-6-5-7-25(11-15)12-16-18(22-24(4)19(16)20)17-8-14(3)26-23-17/h8,13,15,21H,5-7,9-12H2,1-4H3. The van der Waals surface area contributed by atoms with E-state index in [1.54, 1.807) is 4.68 Å². The molecular formula is C19H30ClN5O. The molecule has 1 aliphatic rings. The predicted octanol–water partition coefficient (Wildman–Crippen LogP) is 3.49. The molecular weight excluding hydrogens is 350 g/mol. The van der Waals surface area contributed by atoms with Gasteiger partial charge in [-0.25, -0.2) is 0 Å². The van der Waals surface area contributed by atoms with E-state index in [0.29, 0.717) is 17.0 Å². The minimum absolute atomic E-state index is 0.681. The maximum absolute atomic E-state index is 6.55. The van der Waals surface area contributed by atoms with Crippen LogP contribution in [0.25, 0.3) is 11.4 Å². The highest BCUT2D eigenvalue weighted by Crippen LogP contribution is 2.30. The molecule has 2 aromatic heterocycles. The van der Waals surface area contributed by atoms with Crippen molar-refractivity contribution in [3.05, 3.63) is 22.5 Å².